The third-order valence-corrected chi connectivity index (χ3v) is 6.13. The Hall–Kier alpha value is -2.69. The van der Waals surface area contributed by atoms with Crippen LogP contribution in [0.2, 0.25) is 10.0 Å². The Morgan fingerprint density at radius 3 is 2.50 bits per heavy atom. The van der Waals surface area contributed by atoms with Crippen molar-refractivity contribution in [1.29, 1.82) is 0 Å². The molecule has 0 unspecified atom stereocenters. The minimum Gasteiger partial charge on any atom is -0.497 e. The molecule has 3 aromatic rings. The molecule has 0 saturated heterocycles. The molecular weight excluding hydrogens is 463 g/mol. The quantitative estimate of drug-likeness (QED) is 0.575. The molecule has 3 rings (SSSR count). The SMILES string of the molecule is COc1ccc(Cl)c(S(=O)(=O)NC(=O)c2ncn(-c3ccccc3Cl)c2C(F)F)c1. The Kier molecular flexibility index (Phi) is 6.30. The van der Waals surface area contributed by atoms with E-state index in [2.05, 4.69) is 4.98 Å². The molecule has 158 valence electrons. The van der Waals surface area contributed by atoms with Gasteiger partial charge in [0.2, 0.25) is 0 Å². The van der Waals surface area contributed by atoms with Crippen LogP contribution in [0.5, 0.6) is 5.75 Å². The number of methoxy groups -OCH3 is 1. The molecule has 2 aromatic carbocycles. The largest absolute Gasteiger partial charge is 0.497 e. The molecule has 1 heterocycles. The van der Waals surface area contributed by atoms with E-state index in [9.17, 15) is 22.0 Å². The summed E-state index contributed by atoms with van der Waals surface area (Å²) in [4.78, 5) is 15.8. The summed E-state index contributed by atoms with van der Waals surface area (Å²) in [5.41, 5.74) is -1.43. The predicted octanol–water partition coefficient (Wildman–Crippen LogP) is 4.24. The molecule has 1 N–H and O–H groups in total. The Morgan fingerprint density at radius 1 is 1.17 bits per heavy atom. The van der Waals surface area contributed by atoms with Crippen molar-refractivity contribution in [3.63, 3.8) is 0 Å². The number of nitrogens with zero attached hydrogens (tertiary/aromatic N) is 2. The van der Waals surface area contributed by atoms with Gasteiger partial charge in [0, 0.05) is 6.07 Å². The minimum absolute atomic E-state index is 0.138. The number of nitrogens with one attached hydrogen (secondary N) is 1. The third-order valence-electron chi connectivity index (χ3n) is 3.99. The van der Waals surface area contributed by atoms with E-state index < -0.39 is 38.6 Å². The van der Waals surface area contributed by atoms with Crippen LogP contribution < -0.4 is 9.46 Å². The van der Waals surface area contributed by atoms with Gasteiger partial charge in [-0.25, -0.2) is 26.9 Å². The third kappa shape index (κ3) is 4.25. The van der Waals surface area contributed by atoms with Crippen LogP contribution >= 0.6 is 23.2 Å². The number of amides is 1. The van der Waals surface area contributed by atoms with Crippen molar-refractivity contribution in [1.82, 2.24) is 14.3 Å². The van der Waals surface area contributed by atoms with Crippen LogP contribution in [0.3, 0.4) is 0 Å². The van der Waals surface area contributed by atoms with Crippen LogP contribution in [0.15, 0.2) is 53.7 Å². The van der Waals surface area contributed by atoms with Crippen LogP contribution in [-0.4, -0.2) is 31.0 Å². The molecule has 0 aliphatic heterocycles. The number of ether oxygens (including phenoxy) is 1. The summed E-state index contributed by atoms with van der Waals surface area (Å²) in [6.45, 7) is 0. The van der Waals surface area contributed by atoms with Gasteiger partial charge in [-0.1, -0.05) is 35.3 Å². The lowest BCUT2D eigenvalue weighted by molar-refractivity contribution is 0.0959. The smallest absolute Gasteiger partial charge is 0.285 e. The minimum atomic E-state index is -4.51. The molecule has 12 heteroatoms. The first-order valence-corrected chi connectivity index (χ1v) is 10.4. The fraction of sp³-hybridized carbons (Fsp3) is 0.111. The van der Waals surface area contributed by atoms with E-state index in [-0.39, 0.29) is 21.5 Å². The molecule has 0 fully saturated rings. The zero-order chi connectivity index (χ0) is 22.1. The average Bonchev–Trinajstić information content (AvgIpc) is 3.13. The van der Waals surface area contributed by atoms with E-state index >= 15 is 0 Å². The number of hydrogen-bond donors (Lipinski definition) is 1. The number of carbonyl (C=O) groups is 1. The normalized spacial score (nSPS) is 11.5. The summed E-state index contributed by atoms with van der Waals surface area (Å²) in [6.07, 6.45) is -2.18. The Morgan fingerprint density at radius 2 is 1.87 bits per heavy atom. The molecule has 0 atom stereocenters. The van der Waals surface area contributed by atoms with E-state index in [0.29, 0.717) is 0 Å². The summed E-state index contributed by atoms with van der Waals surface area (Å²) < 4.78 is 60.3. The van der Waals surface area contributed by atoms with Gasteiger partial charge in [-0.05, 0) is 24.3 Å². The van der Waals surface area contributed by atoms with E-state index in [4.69, 9.17) is 27.9 Å². The second kappa shape index (κ2) is 8.58. The molecule has 0 radical (unpaired) electrons. The molecule has 0 aliphatic carbocycles. The summed E-state index contributed by atoms with van der Waals surface area (Å²) in [6, 6.07) is 9.85. The lowest BCUT2D eigenvalue weighted by Crippen LogP contribution is -2.32. The monoisotopic (exact) mass is 475 g/mol. The molecule has 0 spiro atoms. The molecule has 0 bridgehead atoms. The van der Waals surface area contributed by atoms with Gasteiger partial charge in [0.05, 0.1) is 22.8 Å². The van der Waals surface area contributed by atoms with Crippen LogP contribution in [0.25, 0.3) is 5.69 Å². The van der Waals surface area contributed by atoms with Crippen molar-refractivity contribution in [3.05, 3.63) is 70.2 Å². The lowest BCUT2D eigenvalue weighted by Gasteiger charge is -2.12. The number of para-hydroxylation sites is 1. The van der Waals surface area contributed by atoms with Crippen molar-refractivity contribution in [2.75, 3.05) is 7.11 Å². The number of aromatic nitrogens is 2. The zero-order valence-corrected chi connectivity index (χ0v) is 17.5. The van der Waals surface area contributed by atoms with Crippen LogP contribution in [0, 0.1) is 0 Å². The Balaban J connectivity index is 2.01. The zero-order valence-electron chi connectivity index (χ0n) is 15.1. The van der Waals surface area contributed by atoms with Gasteiger partial charge in [-0.3, -0.25) is 9.36 Å². The number of hydrogen-bond acceptors (Lipinski definition) is 5. The maximum atomic E-state index is 13.7. The van der Waals surface area contributed by atoms with Crippen molar-refractivity contribution in [2.24, 2.45) is 0 Å². The van der Waals surface area contributed by atoms with Crippen molar-refractivity contribution >= 4 is 39.1 Å². The topological polar surface area (TPSA) is 90.3 Å². The van der Waals surface area contributed by atoms with Crippen molar-refractivity contribution in [2.45, 2.75) is 11.3 Å². The van der Waals surface area contributed by atoms with E-state index in [1.807, 2.05) is 0 Å². The summed E-state index contributed by atoms with van der Waals surface area (Å²) in [7, 11) is -3.19. The van der Waals surface area contributed by atoms with Crippen molar-refractivity contribution in [3.8, 4) is 11.4 Å². The maximum Gasteiger partial charge on any atom is 0.285 e. The van der Waals surface area contributed by atoms with E-state index in [1.54, 1.807) is 16.9 Å². The molecular formula is C18H13Cl2F2N3O4S. The number of rotatable bonds is 6. The number of halogens is 4. The second-order valence-electron chi connectivity index (χ2n) is 5.83. The van der Waals surface area contributed by atoms with Gasteiger partial charge in [0.1, 0.15) is 22.7 Å². The fourth-order valence-corrected chi connectivity index (χ4v) is 4.32. The van der Waals surface area contributed by atoms with E-state index in [0.717, 1.165) is 17.0 Å². The summed E-state index contributed by atoms with van der Waals surface area (Å²) in [5, 5.41) is -0.0497. The summed E-state index contributed by atoms with van der Waals surface area (Å²) >= 11 is 12.0. The highest BCUT2D eigenvalue weighted by molar-refractivity contribution is 7.90. The molecule has 0 aliphatic rings. The van der Waals surface area contributed by atoms with Gasteiger partial charge in [0.15, 0.2) is 5.69 Å². The van der Waals surface area contributed by atoms with Gasteiger partial charge >= 0.3 is 0 Å². The van der Waals surface area contributed by atoms with Crippen LogP contribution in [0.1, 0.15) is 22.6 Å². The number of carbonyl (C=O) groups excluding carboxylic acids is 1. The van der Waals surface area contributed by atoms with Crippen LogP contribution in [-0.2, 0) is 10.0 Å². The maximum absolute atomic E-state index is 13.7. The second-order valence-corrected chi connectivity index (χ2v) is 8.30. The standard InChI is InChI=1S/C18H13Cl2F2N3O4S/c1-29-10-6-7-12(20)14(8-10)30(27,28)24-18(26)15-16(17(21)22)25(9-23-15)13-5-3-2-4-11(13)19/h2-9,17H,1H3,(H,24,26). The Bertz CT molecular complexity index is 1220. The molecule has 0 saturated carbocycles. The van der Waals surface area contributed by atoms with Gasteiger partial charge < -0.3 is 4.74 Å². The average molecular weight is 476 g/mol. The lowest BCUT2D eigenvalue weighted by atomic mass is 10.2. The number of imidazole rings is 1. The van der Waals surface area contributed by atoms with Gasteiger partial charge in [-0.2, -0.15) is 0 Å². The molecule has 30 heavy (non-hydrogen) atoms. The Labute approximate surface area is 180 Å². The highest BCUT2D eigenvalue weighted by atomic mass is 35.5. The fourth-order valence-electron chi connectivity index (χ4n) is 2.62. The molecule has 1 aromatic heterocycles. The molecule has 7 nitrogen and oxygen atoms in total. The number of alkyl halides is 2. The first-order chi connectivity index (χ1) is 14.2. The summed E-state index contributed by atoms with van der Waals surface area (Å²) in [5.74, 6) is -1.18. The first-order valence-electron chi connectivity index (χ1n) is 8.16. The highest BCUT2D eigenvalue weighted by Gasteiger charge is 2.30. The van der Waals surface area contributed by atoms with Gasteiger partial charge in [-0.15, -0.1) is 0 Å². The van der Waals surface area contributed by atoms with Crippen LogP contribution in [0.4, 0.5) is 8.78 Å². The van der Waals surface area contributed by atoms with E-state index in [1.165, 1.54) is 31.4 Å². The highest BCUT2D eigenvalue weighted by Crippen LogP contribution is 2.30. The predicted molar refractivity (Wildman–Crippen MR) is 106 cm³/mol. The number of sulfonamides is 1. The van der Waals surface area contributed by atoms with Gasteiger partial charge in [0.25, 0.3) is 22.4 Å². The number of benzene rings is 2. The first kappa shape index (κ1) is 22.0. The van der Waals surface area contributed by atoms with Crippen molar-refractivity contribution < 1.29 is 26.7 Å². The molecule has 1 amide bonds.